The molecule has 25 heavy (non-hydrogen) atoms. The zero-order valence-corrected chi connectivity index (χ0v) is 15.8. The first kappa shape index (κ1) is 19.2. The standard InChI is InChI=1S/C20H28N2O3/c1-6-12-25-17-10-9-16(15-8-7-11-21-18(15)17)22-19(23)20(4,24-5)13-14(2)3/h7-11,14H,6,12-13H2,1-5H3,(H,22,23). The summed E-state index contributed by atoms with van der Waals surface area (Å²) >= 11 is 0. The number of carbonyl (C=O) groups is 1. The summed E-state index contributed by atoms with van der Waals surface area (Å²) in [5, 5.41) is 3.86. The Balaban J connectivity index is 2.34. The van der Waals surface area contributed by atoms with Crippen molar-refractivity contribution in [2.75, 3.05) is 19.0 Å². The normalized spacial score (nSPS) is 13.7. The van der Waals surface area contributed by atoms with E-state index in [1.54, 1.807) is 13.3 Å². The van der Waals surface area contributed by atoms with Crippen LogP contribution in [0.15, 0.2) is 30.5 Å². The molecule has 0 fully saturated rings. The van der Waals surface area contributed by atoms with Crippen molar-refractivity contribution in [1.29, 1.82) is 0 Å². The SMILES string of the molecule is CCCOc1ccc(NC(=O)C(C)(CC(C)C)OC)c2cccnc12. The van der Waals surface area contributed by atoms with Gasteiger partial charge in [0, 0.05) is 18.7 Å². The lowest BCUT2D eigenvalue weighted by Crippen LogP contribution is -2.43. The highest BCUT2D eigenvalue weighted by molar-refractivity contribution is 6.05. The quantitative estimate of drug-likeness (QED) is 0.770. The second kappa shape index (κ2) is 8.30. The summed E-state index contributed by atoms with van der Waals surface area (Å²) in [6.07, 6.45) is 3.29. The first-order valence-corrected chi connectivity index (χ1v) is 8.78. The highest BCUT2D eigenvalue weighted by Crippen LogP contribution is 2.31. The number of hydrogen-bond donors (Lipinski definition) is 1. The Kier molecular flexibility index (Phi) is 6.37. The molecule has 0 aliphatic carbocycles. The van der Waals surface area contributed by atoms with Crippen molar-refractivity contribution in [3.8, 4) is 5.75 Å². The molecule has 1 atom stereocenters. The van der Waals surface area contributed by atoms with Crippen LogP contribution in [0, 0.1) is 5.92 Å². The van der Waals surface area contributed by atoms with Gasteiger partial charge in [0.15, 0.2) is 0 Å². The van der Waals surface area contributed by atoms with Gasteiger partial charge in [-0.25, -0.2) is 0 Å². The number of hydrogen-bond acceptors (Lipinski definition) is 4. The van der Waals surface area contributed by atoms with Gasteiger partial charge in [-0.2, -0.15) is 0 Å². The van der Waals surface area contributed by atoms with E-state index < -0.39 is 5.60 Å². The molecule has 1 N–H and O–H groups in total. The monoisotopic (exact) mass is 344 g/mol. The lowest BCUT2D eigenvalue weighted by Gasteiger charge is -2.28. The number of nitrogens with one attached hydrogen (secondary N) is 1. The first-order valence-electron chi connectivity index (χ1n) is 8.78. The van der Waals surface area contributed by atoms with Crippen molar-refractivity contribution >= 4 is 22.5 Å². The van der Waals surface area contributed by atoms with Crippen LogP contribution < -0.4 is 10.1 Å². The molecule has 136 valence electrons. The van der Waals surface area contributed by atoms with Gasteiger partial charge in [-0.15, -0.1) is 0 Å². The van der Waals surface area contributed by atoms with Crippen molar-refractivity contribution in [2.45, 2.75) is 46.1 Å². The molecule has 1 heterocycles. The Morgan fingerprint density at radius 2 is 2.08 bits per heavy atom. The molecule has 0 saturated heterocycles. The molecule has 0 radical (unpaired) electrons. The van der Waals surface area contributed by atoms with Crippen LogP contribution in [0.5, 0.6) is 5.75 Å². The summed E-state index contributed by atoms with van der Waals surface area (Å²) in [7, 11) is 1.57. The molecule has 0 aliphatic rings. The van der Waals surface area contributed by atoms with Crippen LogP contribution in [0.4, 0.5) is 5.69 Å². The molecule has 2 aromatic rings. The maximum absolute atomic E-state index is 12.8. The number of rotatable bonds is 8. The van der Waals surface area contributed by atoms with Crippen LogP contribution in [0.1, 0.15) is 40.5 Å². The summed E-state index contributed by atoms with van der Waals surface area (Å²) in [5.41, 5.74) is 0.584. The number of ether oxygens (including phenoxy) is 2. The van der Waals surface area contributed by atoms with Gasteiger partial charge < -0.3 is 14.8 Å². The molecule has 0 bridgehead atoms. The first-order chi connectivity index (χ1) is 11.9. The lowest BCUT2D eigenvalue weighted by molar-refractivity contribution is -0.137. The number of pyridine rings is 1. The van der Waals surface area contributed by atoms with Gasteiger partial charge in [-0.3, -0.25) is 9.78 Å². The number of amides is 1. The predicted molar refractivity (Wildman–Crippen MR) is 101 cm³/mol. The molecular weight excluding hydrogens is 316 g/mol. The van der Waals surface area contributed by atoms with Gasteiger partial charge in [-0.05, 0) is 49.9 Å². The van der Waals surface area contributed by atoms with E-state index in [0.29, 0.717) is 24.6 Å². The summed E-state index contributed by atoms with van der Waals surface area (Å²) in [5.74, 6) is 0.919. The van der Waals surface area contributed by atoms with Gasteiger partial charge >= 0.3 is 0 Å². The van der Waals surface area contributed by atoms with Crippen molar-refractivity contribution < 1.29 is 14.3 Å². The zero-order valence-electron chi connectivity index (χ0n) is 15.8. The van der Waals surface area contributed by atoms with E-state index >= 15 is 0 Å². The molecule has 0 aliphatic heterocycles. The smallest absolute Gasteiger partial charge is 0.256 e. The maximum atomic E-state index is 12.8. The Morgan fingerprint density at radius 3 is 2.72 bits per heavy atom. The van der Waals surface area contributed by atoms with Crippen LogP contribution >= 0.6 is 0 Å². The number of carbonyl (C=O) groups excluding carboxylic acids is 1. The van der Waals surface area contributed by atoms with Crippen molar-refractivity contribution in [1.82, 2.24) is 4.98 Å². The Labute approximate surface area is 149 Å². The van der Waals surface area contributed by atoms with Crippen LogP contribution in [-0.4, -0.2) is 30.2 Å². The van der Waals surface area contributed by atoms with Gasteiger partial charge in [0.2, 0.25) is 0 Å². The molecule has 1 aromatic carbocycles. The molecular formula is C20H28N2O3. The minimum Gasteiger partial charge on any atom is -0.491 e. The van der Waals surface area contributed by atoms with Crippen LogP contribution in [-0.2, 0) is 9.53 Å². The Hall–Kier alpha value is -2.14. The van der Waals surface area contributed by atoms with Crippen molar-refractivity contribution in [2.24, 2.45) is 5.92 Å². The minimum absolute atomic E-state index is 0.156. The largest absolute Gasteiger partial charge is 0.491 e. The molecule has 1 aromatic heterocycles. The number of methoxy groups -OCH3 is 1. The highest BCUT2D eigenvalue weighted by Gasteiger charge is 2.34. The van der Waals surface area contributed by atoms with Crippen LogP contribution in [0.3, 0.4) is 0 Å². The van der Waals surface area contributed by atoms with Gasteiger partial charge in [0.05, 0.1) is 12.3 Å². The molecule has 0 spiro atoms. The van der Waals surface area contributed by atoms with E-state index in [9.17, 15) is 4.79 Å². The molecule has 1 unspecified atom stereocenters. The topological polar surface area (TPSA) is 60.5 Å². The minimum atomic E-state index is -0.875. The number of benzene rings is 1. The fourth-order valence-corrected chi connectivity index (χ4v) is 2.89. The molecule has 0 saturated carbocycles. The van der Waals surface area contributed by atoms with Gasteiger partial charge in [0.25, 0.3) is 5.91 Å². The van der Waals surface area contributed by atoms with E-state index in [1.165, 1.54) is 0 Å². The Bertz CT molecular complexity index is 730. The molecule has 5 nitrogen and oxygen atoms in total. The van der Waals surface area contributed by atoms with Crippen molar-refractivity contribution in [3.63, 3.8) is 0 Å². The average Bonchev–Trinajstić information content (AvgIpc) is 2.60. The van der Waals surface area contributed by atoms with Gasteiger partial charge in [0.1, 0.15) is 16.9 Å². The third kappa shape index (κ3) is 4.48. The zero-order chi connectivity index (χ0) is 18.4. The second-order valence-corrected chi connectivity index (χ2v) is 6.85. The van der Waals surface area contributed by atoms with E-state index in [1.807, 2.05) is 31.2 Å². The fourth-order valence-electron chi connectivity index (χ4n) is 2.89. The summed E-state index contributed by atoms with van der Waals surface area (Å²) in [6.45, 7) is 8.66. The summed E-state index contributed by atoms with van der Waals surface area (Å²) in [4.78, 5) is 17.2. The maximum Gasteiger partial charge on any atom is 0.256 e. The third-order valence-corrected chi connectivity index (χ3v) is 4.17. The van der Waals surface area contributed by atoms with E-state index in [4.69, 9.17) is 9.47 Å². The number of fused-ring (bicyclic) bond motifs is 1. The second-order valence-electron chi connectivity index (χ2n) is 6.85. The number of anilines is 1. The summed E-state index contributed by atoms with van der Waals surface area (Å²) in [6, 6.07) is 7.50. The summed E-state index contributed by atoms with van der Waals surface area (Å²) < 4.78 is 11.3. The van der Waals surface area contributed by atoms with E-state index in [0.717, 1.165) is 23.1 Å². The highest BCUT2D eigenvalue weighted by atomic mass is 16.5. The van der Waals surface area contributed by atoms with Crippen LogP contribution in [0.25, 0.3) is 10.9 Å². The van der Waals surface area contributed by atoms with Crippen LogP contribution in [0.2, 0.25) is 0 Å². The average molecular weight is 344 g/mol. The number of nitrogens with zero attached hydrogens (tertiary/aromatic N) is 1. The van der Waals surface area contributed by atoms with E-state index in [-0.39, 0.29) is 5.91 Å². The van der Waals surface area contributed by atoms with Gasteiger partial charge in [-0.1, -0.05) is 20.8 Å². The predicted octanol–water partition coefficient (Wildman–Crippen LogP) is 4.41. The lowest BCUT2D eigenvalue weighted by atomic mass is 9.93. The fraction of sp³-hybridized carbons (Fsp3) is 0.500. The molecule has 2 rings (SSSR count). The Morgan fingerprint density at radius 1 is 1.32 bits per heavy atom. The molecule has 1 amide bonds. The molecule has 5 heteroatoms. The number of aromatic nitrogens is 1. The van der Waals surface area contributed by atoms with E-state index in [2.05, 4.69) is 31.1 Å². The third-order valence-electron chi connectivity index (χ3n) is 4.17. The van der Waals surface area contributed by atoms with Crippen molar-refractivity contribution in [3.05, 3.63) is 30.5 Å².